The van der Waals surface area contributed by atoms with Gasteiger partial charge in [0.2, 0.25) is 0 Å². The summed E-state index contributed by atoms with van der Waals surface area (Å²) in [5.74, 6) is -0.716. The smallest absolute Gasteiger partial charge is 0.317 e. The molecule has 0 bridgehead atoms. The molecule has 0 unspecified atom stereocenters. The molecule has 120 valence electrons. The van der Waals surface area contributed by atoms with Crippen molar-refractivity contribution in [3.63, 3.8) is 0 Å². The second kappa shape index (κ2) is 6.64. The molecule has 1 aliphatic heterocycles. The van der Waals surface area contributed by atoms with Crippen molar-refractivity contribution in [2.45, 2.75) is 57.6 Å². The number of hydrogen-bond donors (Lipinski definition) is 2. The Morgan fingerprint density at radius 3 is 2.43 bits per heavy atom. The van der Waals surface area contributed by atoms with Gasteiger partial charge in [-0.2, -0.15) is 0 Å². The number of nitrogens with one attached hydrogen (secondary N) is 1. The molecule has 2 rings (SSSR count). The molecule has 2 amide bonds. The molecule has 0 radical (unpaired) electrons. The van der Waals surface area contributed by atoms with Gasteiger partial charge < -0.3 is 20.1 Å². The number of ether oxygens (including phenoxy) is 1. The van der Waals surface area contributed by atoms with Crippen LogP contribution < -0.4 is 5.32 Å². The molecule has 1 heterocycles. The number of carboxylic acids is 1. The Bertz CT molecular complexity index is 385. The zero-order valence-electron chi connectivity index (χ0n) is 12.9. The predicted molar refractivity (Wildman–Crippen MR) is 78.1 cm³/mol. The zero-order valence-corrected chi connectivity index (χ0v) is 12.9. The van der Waals surface area contributed by atoms with Gasteiger partial charge in [0.25, 0.3) is 0 Å². The summed E-state index contributed by atoms with van der Waals surface area (Å²) in [6.45, 7) is 3.06. The first-order valence-electron chi connectivity index (χ1n) is 7.82. The lowest BCUT2D eigenvalue weighted by atomic mass is 9.75. The van der Waals surface area contributed by atoms with Crippen LogP contribution in [0.3, 0.4) is 0 Å². The molecule has 0 aromatic heterocycles. The van der Waals surface area contributed by atoms with Gasteiger partial charge in [-0.25, -0.2) is 4.79 Å². The fraction of sp³-hybridized carbons (Fsp3) is 0.867. The Labute approximate surface area is 125 Å². The molecule has 0 aromatic carbocycles. The first-order chi connectivity index (χ1) is 10.0. The minimum absolute atomic E-state index is 0.0648. The number of likely N-dealkylation sites (tertiary alicyclic amines) is 1. The van der Waals surface area contributed by atoms with Crippen LogP contribution in [0.15, 0.2) is 0 Å². The molecule has 0 aromatic rings. The summed E-state index contributed by atoms with van der Waals surface area (Å²) in [4.78, 5) is 25.4. The van der Waals surface area contributed by atoms with Gasteiger partial charge in [-0.05, 0) is 32.1 Å². The highest BCUT2D eigenvalue weighted by Crippen LogP contribution is 2.36. The maximum absolute atomic E-state index is 12.2. The predicted octanol–water partition coefficient (Wildman–Crippen LogP) is 1.84. The average Bonchev–Trinajstić information content (AvgIpc) is 2.43. The number of carbonyl (C=O) groups is 2. The van der Waals surface area contributed by atoms with Crippen LogP contribution in [0.4, 0.5) is 4.79 Å². The van der Waals surface area contributed by atoms with Gasteiger partial charge in [-0.1, -0.05) is 13.3 Å². The number of carbonyl (C=O) groups excluding carboxylic acids is 1. The summed E-state index contributed by atoms with van der Waals surface area (Å²) in [6.07, 6.45) is 4.65. The van der Waals surface area contributed by atoms with Crippen molar-refractivity contribution in [3.8, 4) is 0 Å². The second-order valence-electron chi connectivity index (χ2n) is 6.30. The van der Waals surface area contributed by atoms with Crippen molar-refractivity contribution >= 4 is 12.0 Å². The van der Waals surface area contributed by atoms with E-state index in [1.54, 1.807) is 12.0 Å². The minimum atomic E-state index is -0.716. The SMILES string of the molecule is CCCC1(C(=O)O)CCN(C(=O)NC2CC(OC)C2)CC1. The van der Waals surface area contributed by atoms with Crippen molar-refractivity contribution in [3.05, 3.63) is 0 Å². The lowest BCUT2D eigenvalue weighted by Crippen LogP contribution is -2.54. The number of nitrogens with zero attached hydrogens (tertiary/aromatic N) is 1. The Morgan fingerprint density at radius 1 is 1.33 bits per heavy atom. The quantitative estimate of drug-likeness (QED) is 0.811. The molecule has 1 saturated carbocycles. The van der Waals surface area contributed by atoms with E-state index in [1.807, 2.05) is 6.92 Å². The fourth-order valence-corrected chi connectivity index (χ4v) is 3.33. The van der Waals surface area contributed by atoms with Gasteiger partial charge in [0.1, 0.15) is 0 Å². The first kappa shape index (κ1) is 16.1. The van der Waals surface area contributed by atoms with Crippen LogP contribution in [0, 0.1) is 5.41 Å². The lowest BCUT2D eigenvalue weighted by molar-refractivity contribution is -0.152. The molecule has 6 heteroatoms. The van der Waals surface area contributed by atoms with E-state index in [0.717, 1.165) is 19.3 Å². The normalized spacial score (nSPS) is 27.8. The van der Waals surface area contributed by atoms with Gasteiger partial charge >= 0.3 is 12.0 Å². The number of rotatable bonds is 5. The monoisotopic (exact) mass is 298 g/mol. The summed E-state index contributed by atoms with van der Waals surface area (Å²) >= 11 is 0. The van der Waals surface area contributed by atoms with E-state index in [-0.39, 0.29) is 18.2 Å². The standard InChI is InChI=1S/C15H26N2O4/c1-3-4-15(13(18)19)5-7-17(8-6-15)14(20)16-11-9-12(10-11)21-2/h11-12H,3-10H2,1-2H3,(H,16,20)(H,18,19). The lowest BCUT2D eigenvalue weighted by Gasteiger charge is -2.41. The number of piperidine rings is 1. The minimum Gasteiger partial charge on any atom is -0.481 e. The molecule has 2 aliphatic rings. The van der Waals surface area contributed by atoms with Crippen molar-refractivity contribution in [1.29, 1.82) is 0 Å². The largest absolute Gasteiger partial charge is 0.481 e. The van der Waals surface area contributed by atoms with Crippen LogP contribution in [0.25, 0.3) is 0 Å². The molecule has 0 atom stereocenters. The van der Waals surface area contributed by atoms with Crippen LogP contribution in [0.2, 0.25) is 0 Å². The third kappa shape index (κ3) is 3.48. The van der Waals surface area contributed by atoms with Crippen LogP contribution in [-0.2, 0) is 9.53 Å². The molecule has 1 saturated heterocycles. The maximum atomic E-state index is 12.2. The van der Waals surface area contributed by atoms with Crippen molar-refractivity contribution in [2.24, 2.45) is 5.41 Å². The van der Waals surface area contributed by atoms with E-state index < -0.39 is 11.4 Å². The topological polar surface area (TPSA) is 78.9 Å². The number of methoxy groups -OCH3 is 1. The van der Waals surface area contributed by atoms with Gasteiger partial charge in [-0.3, -0.25) is 4.79 Å². The zero-order chi connectivity index (χ0) is 15.5. The van der Waals surface area contributed by atoms with Gasteiger partial charge in [0.15, 0.2) is 0 Å². The Kier molecular flexibility index (Phi) is 5.08. The molecule has 1 aliphatic carbocycles. The molecular weight excluding hydrogens is 272 g/mol. The van der Waals surface area contributed by atoms with Crippen molar-refractivity contribution < 1.29 is 19.4 Å². The second-order valence-corrected chi connectivity index (χ2v) is 6.30. The highest BCUT2D eigenvalue weighted by atomic mass is 16.5. The molecule has 0 spiro atoms. The Morgan fingerprint density at radius 2 is 1.95 bits per heavy atom. The summed E-state index contributed by atoms with van der Waals surface area (Å²) in [5.41, 5.74) is -0.636. The van der Waals surface area contributed by atoms with Gasteiger partial charge in [-0.15, -0.1) is 0 Å². The fourth-order valence-electron chi connectivity index (χ4n) is 3.33. The van der Waals surface area contributed by atoms with Crippen molar-refractivity contribution in [1.82, 2.24) is 10.2 Å². The number of amides is 2. The summed E-state index contributed by atoms with van der Waals surface area (Å²) < 4.78 is 5.19. The van der Waals surface area contributed by atoms with Crippen LogP contribution in [-0.4, -0.2) is 54.4 Å². The highest BCUT2D eigenvalue weighted by Gasteiger charge is 2.42. The molecule has 21 heavy (non-hydrogen) atoms. The van der Waals surface area contributed by atoms with E-state index in [2.05, 4.69) is 5.32 Å². The Hall–Kier alpha value is -1.30. The van der Waals surface area contributed by atoms with Gasteiger partial charge in [0.05, 0.1) is 11.5 Å². The van der Waals surface area contributed by atoms with E-state index in [1.165, 1.54) is 0 Å². The summed E-state index contributed by atoms with van der Waals surface area (Å²) in [5, 5.41) is 12.5. The Balaban J connectivity index is 1.80. The number of hydrogen-bond acceptors (Lipinski definition) is 3. The molecule has 2 N–H and O–H groups in total. The molecule has 2 fully saturated rings. The first-order valence-corrected chi connectivity index (χ1v) is 7.82. The summed E-state index contributed by atoms with van der Waals surface area (Å²) in [6, 6.07) is 0.134. The third-order valence-corrected chi connectivity index (χ3v) is 4.95. The summed E-state index contributed by atoms with van der Waals surface area (Å²) in [7, 11) is 1.69. The van der Waals surface area contributed by atoms with E-state index in [9.17, 15) is 14.7 Å². The van der Waals surface area contributed by atoms with Crippen molar-refractivity contribution in [2.75, 3.05) is 20.2 Å². The van der Waals surface area contributed by atoms with Crippen LogP contribution in [0.5, 0.6) is 0 Å². The average molecular weight is 298 g/mol. The molecule has 6 nitrogen and oxygen atoms in total. The van der Waals surface area contributed by atoms with E-state index in [0.29, 0.717) is 32.4 Å². The molecular formula is C15H26N2O4. The van der Waals surface area contributed by atoms with Crippen LogP contribution >= 0.6 is 0 Å². The van der Waals surface area contributed by atoms with E-state index >= 15 is 0 Å². The van der Waals surface area contributed by atoms with Gasteiger partial charge in [0, 0.05) is 26.2 Å². The number of aliphatic carboxylic acids is 1. The number of carboxylic acid groups (broad SMARTS) is 1. The van der Waals surface area contributed by atoms with Crippen LogP contribution in [0.1, 0.15) is 45.4 Å². The number of urea groups is 1. The maximum Gasteiger partial charge on any atom is 0.317 e. The van der Waals surface area contributed by atoms with E-state index in [4.69, 9.17) is 4.74 Å². The third-order valence-electron chi connectivity index (χ3n) is 4.95. The highest BCUT2D eigenvalue weighted by molar-refractivity contribution is 5.77.